The monoisotopic (exact) mass is 372 g/mol. The molecule has 4 rings (SSSR count). The smallest absolute Gasteiger partial charge is 0.274 e. The molecular weight excluding hydrogens is 355 g/mol. The SMILES string of the molecule is O=C(NO)c1ccc(Cn2c3c(c4cc(F)ccc42)C[S+]([O-])CC3)cc1. The third-order valence-corrected chi connectivity index (χ3v) is 6.05. The first-order valence-electron chi connectivity index (χ1n) is 8.24. The van der Waals surface area contributed by atoms with Gasteiger partial charge in [-0.05, 0) is 47.1 Å². The molecule has 1 atom stereocenters. The van der Waals surface area contributed by atoms with E-state index in [1.807, 2.05) is 12.1 Å². The number of halogens is 1. The summed E-state index contributed by atoms with van der Waals surface area (Å²) in [6.07, 6.45) is 0.698. The summed E-state index contributed by atoms with van der Waals surface area (Å²) in [5.74, 6) is 0.214. The van der Waals surface area contributed by atoms with Crippen LogP contribution in [0.15, 0.2) is 42.5 Å². The van der Waals surface area contributed by atoms with Crippen LogP contribution in [-0.4, -0.2) is 26.0 Å². The molecule has 0 fully saturated rings. The zero-order chi connectivity index (χ0) is 18.3. The number of amides is 1. The number of nitrogens with zero attached hydrogens (tertiary/aromatic N) is 1. The second-order valence-corrected chi connectivity index (χ2v) is 7.93. The van der Waals surface area contributed by atoms with Gasteiger partial charge in [-0.15, -0.1) is 0 Å². The molecule has 0 spiro atoms. The van der Waals surface area contributed by atoms with E-state index in [9.17, 15) is 13.7 Å². The Hall–Kier alpha value is -2.35. The highest BCUT2D eigenvalue weighted by Crippen LogP contribution is 2.33. The Morgan fingerprint density at radius 1 is 1.27 bits per heavy atom. The van der Waals surface area contributed by atoms with E-state index in [0.29, 0.717) is 30.0 Å². The molecule has 1 aliphatic rings. The molecule has 2 aromatic carbocycles. The Kier molecular flexibility index (Phi) is 4.44. The van der Waals surface area contributed by atoms with Crippen molar-refractivity contribution in [2.24, 2.45) is 0 Å². The van der Waals surface area contributed by atoms with Crippen LogP contribution in [0.25, 0.3) is 10.9 Å². The molecule has 2 heterocycles. The van der Waals surface area contributed by atoms with Gasteiger partial charge in [-0.3, -0.25) is 10.0 Å². The zero-order valence-electron chi connectivity index (χ0n) is 13.9. The van der Waals surface area contributed by atoms with Crippen molar-refractivity contribution in [1.29, 1.82) is 0 Å². The molecule has 1 amide bonds. The molecule has 1 aromatic heterocycles. The van der Waals surface area contributed by atoms with E-state index < -0.39 is 17.1 Å². The fraction of sp³-hybridized carbons (Fsp3) is 0.211. The lowest BCUT2D eigenvalue weighted by molar-refractivity contribution is 0.0706. The highest BCUT2D eigenvalue weighted by Gasteiger charge is 2.26. The summed E-state index contributed by atoms with van der Waals surface area (Å²) in [4.78, 5) is 11.4. The van der Waals surface area contributed by atoms with Gasteiger partial charge in [0.15, 0.2) is 0 Å². The van der Waals surface area contributed by atoms with Gasteiger partial charge in [-0.25, -0.2) is 9.87 Å². The van der Waals surface area contributed by atoms with Crippen LogP contribution in [0, 0.1) is 5.82 Å². The van der Waals surface area contributed by atoms with Crippen molar-refractivity contribution in [3.05, 3.63) is 70.7 Å². The number of nitrogens with one attached hydrogen (secondary N) is 1. The molecular formula is C19H17FN2O3S. The van der Waals surface area contributed by atoms with Gasteiger partial charge in [0.1, 0.15) is 17.3 Å². The maximum Gasteiger partial charge on any atom is 0.274 e. The zero-order valence-corrected chi connectivity index (χ0v) is 14.7. The standard InChI is InChI=1S/C19H17FN2O3S/c20-14-5-6-17-15(9-14)16-11-26(25)8-7-18(16)22(17)10-12-1-3-13(4-2-12)19(23)21-24/h1-6,9,24H,7-8,10-11H2,(H,21,23). The van der Waals surface area contributed by atoms with Crippen molar-refractivity contribution in [2.75, 3.05) is 5.75 Å². The summed E-state index contributed by atoms with van der Waals surface area (Å²) < 4.78 is 27.9. The summed E-state index contributed by atoms with van der Waals surface area (Å²) in [5.41, 5.74) is 5.96. The van der Waals surface area contributed by atoms with E-state index in [1.54, 1.807) is 23.7 Å². The Labute approximate surface area is 152 Å². The van der Waals surface area contributed by atoms with Crippen LogP contribution in [0.2, 0.25) is 0 Å². The maximum absolute atomic E-state index is 13.8. The average molecular weight is 372 g/mol. The number of fused-ring (bicyclic) bond motifs is 3. The van der Waals surface area contributed by atoms with Crippen LogP contribution in [0.5, 0.6) is 0 Å². The Morgan fingerprint density at radius 2 is 2.04 bits per heavy atom. The van der Waals surface area contributed by atoms with Crippen molar-refractivity contribution >= 4 is 28.0 Å². The summed E-state index contributed by atoms with van der Waals surface area (Å²) in [6.45, 7) is 0.575. The molecule has 1 aliphatic heterocycles. The minimum atomic E-state index is -0.911. The van der Waals surface area contributed by atoms with E-state index in [2.05, 4.69) is 4.57 Å². The first kappa shape index (κ1) is 17.1. The van der Waals surface area contributed by atoms with Crippen molar-refractivity contribution < 1.29 is 18.9 Å². The lowest BCUT2D eigenvalue weighted by atomic mass is 10.1. The highest BCUT2D eigenvalue weighted by molar-refractivity contribution is 7.90. The van der Waals surface area contributed by atoms with Crippen LogP contribution < -0.4 is 5.48 Å². The number of carbonyl (C=O) groups excluding carboxylic acids is 1. The van der Waals surface area contributed by atoms with Crippen LogP contribution in [0.1, 0.15) is 27.2 Å². The van der Waals surface area contributed by atoms with Gasteiger partial charge in [0.25, 0.3) is 5.91 Å². The molecule has 0 bridgehead atoms. The molecule has 26 heavy (non-hydrogen) atoms. The van der Waals surface area contributed by atoms with Crippen LogP contribution >= 0.6 is 0 Å². The van der Waals surface area contributed by atoms with Gasteiger partial charge in [0, 0.05) is 40.7 Å². The van der Waals surface area contributed by atoms with Gasteiger partial charge in [-0.1, -0.05) is 12.1 Å². The first-order chi connectivity index (χ1) is 12.6. The number of hydrogen-bond acceptors (Lipinski definition) is 3. The van der Waals surface area contributed by atoms with Gasteiger partial charge in [-0.2, -0.15) is 0 Å². The van der Waals surface area contributed by atoms with Gasteiger partial charge in [0.05, 0.1) is 0 Å². The molecule has 2 N–H and O–H groups in total. The summed E-state index contributed by atoms with van der Waals surface area (Å²) >= 11 is -0.911. The first-order valence-corrected chi connectivity index (χ1v) is 9.73. The minimum absolute atomic E-state index is 0.298. The third kappa shape index (κ3) is 2.98. The molecule has 134 valence electrons. The topological polar surface area (TPSA) is 77.3 Å². The van der Waals surface area contributed by atoms with Gasteiger partial charge in [0.2, 0.25) is 0 Å². The fourth-order valence-electron chi connectivity index (χ4n) is 3.53. The molecule has 1 unspecified atom stereocenters. The Morgan fingerprint density at radius 3 is 2.77 bits per heavy atom. The normalized spacial score (nSPS) is 16.5. The quantitative estimate of drug-likeness (QED) is 0.422. The molecule has 0 aliphatic carbocycles. The molecule has 3 aromatic rings. The summed E-state index contributed by atoms with van der Waals surface area (Å²) in [6, 6.07) is 11.7. The molecule has 5 nitrogen and oxygen atoms in total. The van der Waals surface area contributed by atoms with Crippen molar-refractivity contribution in [1.82, 2.24) is 10.0 Å². The van der Waals surface area contributed by atoms with Crippen molar-refractivity contribution in [3.63, 3.8) is 0 Å². The average Bonchev–Trinajstić information content (AvgIpc) is 2.94. The Balaban J connectivity index is 1.76. The number of aromatic nitrogens is 1. The van der Waals surface area contributed by atoms with Crippen molar-refractivity contribution in [2.45, 2.75) is 18.7 Å². The predicted molar refractivity (Wildman–Crippen MR) is 97.1 cm³/mol. The van der Waals surface area contributed by atoms with E-state index >= 15 is 0 Å². The molecule has 0 saturated heterocycles. The van der Waals surface area contributed by atoms with Crippen LogP contribution in [0.4, 0.5) is 4.39 Å². The molecule has 0 radical (unpaired) electrons. The number of hydrogen-bond donors (Lipinski definition) is 2. The van der Waals surface area contributed by atoms with E-state index in [4.69, 9.17) is 5.21 Å². The van der Waals surface area contributed by atoms with Crippen LogP contribution in [-0.2, 0) is 29.9 Å². The number of carbonyl (C=O) groups is 1. The molecule has 7 heteroatoms. The second kappa shape index (κ2) is 6.75. The second-order valence-electron chi connectivity index (χ2n) is 6.35. The van der Waals surface area contributed by atoms with Gasteiger partial charge < -0.3 is 9.12 Å². The number of hydroxylamine groups is 1. The largest absolute Gasteiger partial charge is 0.616 e. The maximum atomic E-state index is 13.8. The van der Waals surface area contributed by atoms with Crippen molar-refractivity contribution in [3.8, 4) is 0 Å². The number of rotatable bonds is 3. The van der Waals surface area contributed by atoms with Crippen LogP contribution in [0.3, 0.4) is 0 Å². The lowest BCUT2D eigenvalue weighted by Crippen LogP contribution is -2.20. The van der Waals surface area contributed by atoms with E-state index in [0.717, 1.165) is 27.7 Å². The summed E-state index contributed by atoms with van der Waals surface area (Å²) in [5, 5.41) is 9.52. The van der Waals surface area contributed by atoms with Gasteiger partial charge >= 0.3 is 0 Å². The summed E-state index contributed by atoms with van der Waals surface area (Å²) in [7, 11) is 0. The Bertz CT molecular complexity index is 985. The third-order valence-electron chi connectivity index (χ3n) is 4.78. The van der Waals surface area contributed by atoms with E-state index in [1.165, 1.54) is 12.1 Å². The lowest BCUT2D eigenvalue weighted by Gasteiger charge is -2.19. The minimum Gasteiger partial charge on any atom is -0.616 e. The predicted octanol–water partition coefficient (Wildman–Crippen LogP) is 2.75. The number of benzene rings is 2. The fourth-order valence-corrected chi connectivity index (χ4v) is 4.74. The van der Waals surface area contributed by atoms with E-state index in [-0.39, 0.29) is 5.82 Å². The molecule has 0 saturated carbocycles. The highest BCUT2D eigenvalue weighted by atomic mass is 32.2.